The average Bonchev–Trinajstić information content (AvgIpc) is 2.72. The topological polar surface area (TPSA) is 40.9 Å². The number of hydrogen-bond donors (Lipinski definition) is 0. The first-order valence-corrected chi connectivity index (χ1v) is 6.64. The lowest BCUT2D eigenvalue weighted by Gasteiger charge is -2.27. The van der Waals surface area contributed by atoms with Crippen molar-refractivity contribution in [3.05, 3.63) is 35.6 Å². The Balaban J connectivity index is 2.25. The molecule has 19 heavy (non-hydrogen) atoms. The first-order chi connectivity index (χ1) is 8.95. The molecule has 0 spiro atoms. The molecule has 0 radical (unpaired) electrons. The lowest BCUT2D eigenvalue weighted by atomic mass is 9.75. The summed E-state index contributed by atoms with van der Waals surface area (Å²) in [7, 11) is 0. The van der Waals surface area contributed by atoms with Gasteiger partial charge in [0.1, 0.15) is 11.7 Å². The molecule has 0 amide bonds. The molecule has 2 nitrogen and oxygen atoms in total. The molecule has 100 valence electrons. The predicted octanol–water partition coefficient (Wildman–Crippen LogP) is 3.83. The summed E-state index contributed by atoms with van der Waals surface area (Å²) < 4.78 is 12.9. The van der Waals surface area contributed by atoms with Crippen LogP contribution in [0.15, 0.2) is 24.3 Å². The molecule has 2 rings (SSSR count). The van der Waals surface area contributed by atoms with Crippen molar-refractivity contribution in [1.82, 2.24) is 0 Å². The van der Waals surface area contributed by atoms with Crippen LogP contribution >= 0.6 is 0 Å². The number of halogens is 1. The molecular weight excluding hydrogens is 241 g/mol. The standard InChI is InChI=1S/C16H18FNO/c1-16(2)9-3-4-14(16)15(19)13(10-18)11-5-7-12(17)8-6-11/h5-8,13-14H,3-4,9H2,1-2H3. The maximum atomic E-state index is 12.9. The van der Waals surface area contributed by atoms with Gasteiger partial charge in [-0.25, -0.2) is 4.39 Å². The Kier molecular flexibility index (Phi) is 3.71. The van der Waals surface area contributed by atoms with Crippen LogP contribution in [-0.4, -0.2) is 5.78 Å². The summed E-state index contributed by atoms with van der Waals surface area (Å²) >= 11 is 0. The summed E-state index contributed by atoms with van der Waals surface area (Å²) in [4.78, 5) is 12.6. The van der Waals surface area contributed by atoms with E-state index in [1.165, 1.54) is 24.3 Å². The van der Waals surface area contributed by atoms with Gasteiger partial charge in [0.2, 0.25) is 0 Å². The zero-order chi connectivity index (χ0) is 14.0. The van der Waals surface area contributed by atoms with Crippen LogP contribution in [0.1, 0.15) is 44.6 Å². The van der Waals surface area contributed by atoms with Gasteiger partial charge in [-0.3, -0.25) is 4.79 Å². The lowest BCUT2D eigenvalue weighted by molar-refractivity contribution is -0.125. The zero-order valence-electron chi connectivity index (χ0n) is 11.3. The van der Waals surface area contributed by atoms with E-state index in [4.69, 9.17) is 0 Å². The minimum atomic E-state index is -0.775. The number of carbonyl (C=O) groups is 1. The molecule has 1 aliphatic carbocycles. The van der Waals surface area contributed by atoms with Crippen LogP contribution in [-0.2, 0) is 4.79 Å². The van der Waals surface area contributed by atoms with Crippen LogP contribution in [0.4, 0.5) is 4.39 Å². The Hall–Kier alpha value is -1.69. The number of rotatable bonds is 3. The number of carbonyl (C=O) groups excluding carboxylic acids is 1. The second kappa shape index (κ2) is 5.13. The molecular formula is C16H18FNO. The van der Waals surface area contributed by atoms with E-state index in [0.29, 0.717) is 5.56 Å². The zero-order valence-corrected chi connectivity index (χ0v) is 11.3. The highest BCUT2D eigenvalue weighted by atomic mass is 19.1. The SMILES string of the molecule is CC1(C)CCCC1C(=O)C(C#N)c1ccc(F)cc1. The van der Waals surface area contributed by atoms with Crippen LogP contribution in [0.2, 0.25) is 0 Å². The molecule has 2 atom stereocenters. The van der Waals surface area contributed by atoms with Crippen LogP contribution in [0, 0.1) is 28.5 Å². The summed E-state index contributed by atoms with van der Waals surface area (Å²) in [6, 6.07) is 7.74. The second-order valence-corrected chi connectivity index (χ2v) is 5.95. The predicted molar refractivity (Wildman–Crippen MR) is 70.9 cm³/mol. The van der Waals surface area contributed by atoms with Crippen LogP contribution in [0.3, 0.4) is 0 Å². The summed E-state index contributed by atoms with van der Waals surface area (Å²) in [5.41, 5.74) is 0.559. The van der Waals surface area contributed by atoms with Gasteiger partial charge in [-0.05, 0) is 36.0 Å². The van der Waals surface area contributed by atoms with Crippen molar-refractivity contribution in [3.8, 4) is 6.07 Å². The van der Waals surface area contributed by atoms with E-state index in [9.17, 15) is 14.4 Å². The fourth-order valence-electron chi connectivity index (χ4n) is 3.01. The van der Waals surface area contributed by atoms with E-state index in [0.717, 1.165) is 19.3 Å². The van der Waals surface area contributed by atoms with Crippen molar-refractivity contribution >= 4 is 5.78 Å². The summed E-state index contributed by atoms with van der Waals surface area (Å²) in [5.74, 6) is -1.21. The molecule has 0 aliphatic heterocycles. The molecule has 1 saturated carbocycles. The van der Waals surface area contributed by atoms with Gasteiger partial charge in [-0.1, -0.05) is 32.4 Å². The maximum Gasteiger partial charge on any atom is 0.158 e. The first kappa shape index (κ1) is 13.7. The van der Waals surface area contributed by atoms with Crippen molar-refractivity contribution in [2.45, 2.75) is 39.0 Å². The quantitative estimate of drug-likeness (QED) is 0.827. The van der Waals surface area contributed by atoms with Gasteiger partial charge in [-0.15, -0.1) is 0 Å². The Morgan fingerprint density at radius 1 is 1.42 bits per heavy atom. The molecule has 1 aromatic carbocycles. The van der Waals surface area contributed by atoms with E-state index in [2.05, 4.69) is 19.9 Å². The molecule has 2 unspecified atom stereocenters. The molecule has 1 fully saturated rings. The Bertz CT molecular complexity index is 513. The largest absolute Gasteiger partial charge is 0.298 e. The highest BCUT2D eigenvalue weighted by Crippen LogP contribution is 2.45. The van der Waals surface area contributed by atoms with Crippen LogP contribution in [0.5, 0.6) is 0 Å². The highest BCUT2D eigenvalue weighted by molar-refractivity contribution is 5.91. The van der Waals surface area contributed by atoms with Gasteiger partial charge in [0, 0.05) is 5.92 Å². The minimum Gasteiger partial charge on any atom is -0.298 e. The molecule has 1 aliphatic rings. The maximum absolute atomic E-state index is 12.9. The molecule has 3 heteroatoms. The van der Waals surface area contributed by atoms with E-state index >= 15 is 0 Å². The van der Waals surface area contributed by atoms with Crippen LogP contribution < -0.4 is 0 Å². The van der Waals surface area contributed by atoms with Gasteiger partial charge in [-0.2, -0.15) is 5.26 Å². The smallest absolute Gasteiger partial charge is 0.158 e. The van der Waals surface area contributed by atoms with Gasteiger partial charge in [0.15, 0.2) is 5.78 Å². The third kappa shape index (κ3) is 2.68. The van der Waals surface area contributed by atoms with Crippen molar-refractivity contribution in [1.29, 1.82) is 5.26 Å². The molecule has 0 saturated heterocycles. The number of benzene rings is 1. The van der Waals surface area contributed by atoms with Crippen LogP contribution in [0.25, 0.3) is 0 Å². The summed E-state index contributed by atoms with van der Waals surface area (Å²) in [6.07, 6.45) is 2.90. The minimum absolute atomic E-state index is 0.0170. The second-order valence-electron chi connectivity index (χ2n) is 5.95. The molecule has 0 N–H and O–H groups in total. The van der Waals surface area contributed by atoms with E-state index in [1.807, 2.05) is 0 Å². The third-order valence-electron chi connectivity index (χ3n) is 4.22. The number of nitriles is 1. The number of ketones is 1. The van der Waals surface area contributed by atoms with Crippen molar-refractivity contribution in [3.63, 3.8) is 0 Å². The number of hydrogen-bond acceptors (Lipinski definition) is 2. The van der Waals surface area contributed by atoms with Gasteiger partial charge < -0.3 is 0 Å². The molecule has 0 bridgehead atoms. The summed E-state index contributed by atoms with van der Waals surface area (Å²) in [6.45, 7) is 4.17. The Morgan fingerprint density at radius 3 is 2.53 bits per heavy atom. The fraction of sp³-hybridized carbons (Fsp3) is 0.500. The van der Waals surface area contributed by atoms with Gasteiger partial charge >= 0.3 is 0 Å². The van der Waals surface area contributed by atoms with E-state index < -0.39 is 5.92 Å². The molecule has 1 aromatic rings. The Labute approximate surface area is 113 Å². The number of Topliss-reactive ketones (excluding diaryl/α,β-unsaturated/α-hetero) is 1. The third-order valence-corrected chi connectivity index (χ3v) is 4.22. The molecule has 0 aromatic heterocycles. The monoisotopic (exact) mass is 259 g/mol. The van der Waals surface area contributed by atoms with E-state index in [1.54, 1.807) is 0 Å². The summed E-state index contributed by atoms with van der Waals surface area (Å²) in [5, 5.41) is 9.29. The Morgan fingerprint density at radius 2 is 2.05 bits per heavy atom. The normalized spacial score (nSPS) is 22.7. The number of nitrogens with zero attached hydrogens (tertiary/aromatic N) is 1. The first-order valence-electron chi connectivity index (χ1n) is 6.64. The van der Waals surface area contributed by atoms with Crippen molar-refractivity contribution < 1.29 is 9.18 Å². The lowest BCUT2D eigenvalue weighted by Crippen LogP contribution is -2.29. The van der Waals surface area contributed by atoms with Gasteiger partial charge in [0.25, 0.3) is 0 Å². The van der Waals surface area contributed by atoms with Crippen molar-refractivity contribution in [2.75, 3.05) is 0 Å². The molecule has 0 heterocycles. The fourth-order valence-corrected chi connectivity index (χ4v) is 3.01. The average molecular weight is 259 g/mol. The van der Waals surface area contributed by atoms with Crippen molar-refractivity contribution in [2.24, 2.45) is 11.3 Å². The van der Waals surface area contributed by atoms with Gasteiger partial charge in [0.05, 0.1) is 6.07 Å². The highest BCUT2D eigenvalue weighted by Gasteiger charge is 2.42. The van der Waals surface area contributed by atoms with E-state index in [-0.39, 0.29) is 22.9 Å².